The number of methoxy groups -OCH3 is 1. The van der Waals surface area contributed by atoms with E-state index in [4.69, 9.17) is 16.3 Å². The van der Waals surface area contributed by atoms with Gasteiger partial charge in [-0.2, -0.15) is 0 Å². The molecule has 1 saturated carbocycles. The van der Waals surface area contributed by atoms with Crippen LogP contribution in [0.2, 0.25) is 5.02 Å². The van der Waals surface area contributed by atoms with E-state index in [0.717, 1.165) is 12.3 Å². The molecule has 2 aromatic carbocycles. The molecule has 40 heavy (non-hydrogen) atoms. The van der Waals surface area contributed by atoms with E-state index < -0.39 is 35.4 Å². The number of nitrogens with one attached hydrogen (secondary N) is 1. The largest absolute Gasteiger partial charge is 0.497 e. The summed E-state index contributed by atoms with van der Waals surface area (Å²) in [6.07, 6.45) is 0.570. The van der Waals surface area contributed by atoms with Crippen LogP contribution in [0.1, 0.15) is 59.3 Å². The van der Waals surface area contributed by atoms with Crippen molar-refractivity contribution in [2.24, 2.45) is 5.92 Å². The number of aliphatic hydroxyl groups is 1. The van der Waals surface area contributed by atoms with Gasteiger partial charge in [-0.25, -0.2) is 13.2 Å². The second kappa shape index (κ2) is 11.1. The van der Waals surface area contributed by atoms with Crippen molar-refractivity contribution in [2.75, 3.05) is 18.6 Å². The van der Waals surface area contributed by atoms with Crippen molar-refractivity contribution >= 4 is 29.1 Å². The first-order valence-corrected chi connectivity index (χ1v) is 13.2. The number of ether oxygens (including phenoxy) is 1. The summed E-state index contributed by atoms with van der Waals surface area (Å²) in [5.41, 5.74) is -2.41. The van der Waals surface area contributed by atoms with Crippen LogP contribution in [0.25, 0.3) is 0 Å². The van der Waals surface area contributed by atoms with E-state index in [1.807, 2.05) is 0 Å². The molecule has 0 bridgehead atoms. The lowest BCUT2D eigenvalue weighted by molar-refractivity contribution is -0.132. The zero-order valence-electron chi connectivity index (χ0n) is 21.5. The van der Waals surface area contributed by atoms with Crippen LogP contribution in [0, 0.1) is 11.7 Å². The number of para-hydroxylation sites is 1. The first-order chi connectivity index (χ1) is 19.1. The predicted octanol–water partition coefficient (Wildman–Crippen LogP) is 5.39. The van der Waals surface area contributed by atoms with Crippen LogP contribution in [0.15, 0.2) is 54.7 Å². The topological polar surface area (TPSA) is 91.8 Å². The van der Waals surface area contributed by atoms with Gasteiger partial charge in [0.1, 0.15) is 17.3 Å². The number of alkyl halides is 2. The van der Waals surface area contributed by atoms with Gasteiger partial charge >= 0.3 is 0 Å². The maximum absolute atomic E-state index is 15.1. The number of aromatic nitrogens is 1. The molecule has 1 aromatic heterocycles. The molecule has 2 amide bonds. The summed E-state index contributed by atoms with van der Waals surface area (Å²) in [6, 6.07) is 11.7. The maximum atomic E-state index is 15.1. The highest BCUT2D eigenvalue weighted by atomic mass is 35.5. The minimum absolute atomic E-state index is 0.0395. The van der Waals surface area contributed by atoms with E-state index in [1.54, 1.807) is 24.3 Å². The average Bonchev–Trinajstić information content (AvgIpc) is 3.16. The second-order valence-electron chi connectivity index (χ2n) is 10.1. The lowest BCUT2D eigenvalue weighted by atomic mass is 9.85. The maximum Gasteiger partial charge on any atom is 0.281 e. The molecule has 3 aromatic rings. The Bertz CT molecular complexity index is 1450. The van der Waals surface area contributed by atoms with E-state index >= 15 is 4.39 Å². The second-order valence-corrected chi connectivity index (χ2v) is 10.5. The minimum atomic E-state index is -2.92. The molecule has 2 heterocycles. The number of rotatable bonds is 7. The summed E-state index contributed by atoms with van der Waals surface area (Å²) in [5, 5.41) is 14.6. The number of hydrogen-bond donors (Lipinski definition) is 2. The molecule has 11 heteroatoms. The molecule has 1 aliphatic carbocycles. The number of pyridine rings is 1. The Morgan fingerprint density at radius 1 is 1.18 bits per heavy atom. The molecule has 1 aliphatic heterocycles. The fourth-order valence-electron chi connectivity index (χ4n) is 5.61. The summed E-state index contributed by atoms with van der Waals surface area (Å²) in [7, 11) is 1.40. The van der Waals surface area contributed by atoms with Gasteiger partial charge in [-0.3, -0.25) is 14.6 Å². The van der Waals surface area contributed by atoms with Crippen molar-refractivity contribution in [3.63, 3.8) is 0 Å². The number of halogens is 4. The molecular formula is C29H27ClF3N3O4. The monoisotopic (exact) mass is 573 g/mol. The highest BCUT2D eigenvalue weighted by Gasteiger charge is 2.52. The summed E-state index contributed by atoms with van der Waals surface area (Å²) in [6.45, 7) is 0.296. The summed E-state index contributed by atoms with van der Waals surface area (Å²) in [5.74, 6) is -1.75. The van der Waals surface area contributed by atoms with Crippen LogP contribution in [-0.4, -0.2) is 41.6 Å². The molecular weight excluding hydrogens is 547 g/mol. The Hall–Kier alpha value is -3.63. The van der Waals surface area contributed by atoms with E-state index in [-0.39, 0.29) is 33.9 Å². The number of carbonyl (C=O) groups is 2. The predicted molar refractivity (Wildman–Crippen MR) is 142 cm³/mol. The Morgan fingerprint density at radius 3 is 2.58 bits per heavy atom. The lowest BCUT2D eigenvalue weighted by Gasteiger charge is -2.32. The van der Waals surface area contributed by atoms with Gasteiger partial charge < -0.3 is 20.1 Å². The van der Waals surface area contributed by atoms with E-state index in [2.05, 4.69) is 10.3 Å². The first kappa shape index (κ1) is 27.9. The van der Waals surface area contributed by atoms with Crippen molar-refractivity contribution in [1.29, 1.82) is 0 Å². The minimum Gasteiger partial charge on any atom is -0.497 e. The molecule has 1 unspecified atom stereocenters. The molecule has 1 atom stereocenters. The Morgan fingerprint density at radius 2 is 1.90 bits per heavy atom. The molecule has 7 nitrogen and oxygen atoms in total. The number of anilines is 1. The van der Waals surface area contributed by atoms with E-state index in [0.29, 0.717) is 43.5 Å². The van der Waals surface area contributed by atoms with Crippen LogP contribution in [0.5, 0.6) is 5.75 Å². The Labute approximate surface area is 233 Å². The lowest BCUT2D eigenvalue weighted by Crippen LogP contribution is -2.45. The molecule has 5 rings (SSSR count). The highest BCUT2D eigenvalue weighted by Crippen LogP contribution is 2.46. The fraction of sp³-hybridized carbons (Fsp3) is 0.345. The van der Waals surface area contributed by atoms with E-state index in [1.165, 1.54) is 30.2 Å². The van der Waals surface area contributed by atoms with Crippen molar-refractivity contribution < 1.29 is 32.6 Å². The van der Waals surface area contributed by atoms with Gasteiger partial charge in [0.15, 0.2) is 5.60 Å². The molecule has 1 fully saturated rings. The normalized spacial score (nSPS) is 22.4. The molecule has 0 spiro atoms. The first-order valence-electron chi connectivity index (χ1n) is 12.9. The SMILES string of the molecule is COc1ccc(C2(O)C(=O)N(CC3CCC(NC(=O)c4cc(Cl)cnc4C(F)F)CC3)c3ccccc32)c(F)c1. The van der Waals surface area contributed by atoms with Crippen LogP contribution >= 0.6 is 11.6 Å². The molecule has 0 radical (unpaired) electrons. The molecule has 2 N–H and O–H groups in total. The van der Waals surface area contributed by atoms with Gasteiger partial charge in [0.25, 0.3) is 18.2 Å². The quantitative estimate of drug-likeness (QED) is 0.395. The van der Waals surface area contributed by atoms with E-state index in [9.17, 15) is 23.5 Å². The summed E-state index contributed by atoms with van der Waals surface area (Å²) in [4.78, 5) is 31.5. The van der Waals surface area contributed by atoms with Crippen LogP contribution in [-0.2, 0) is 10.4 Å². The van der Waals surface area contributed by atoms with Crippen LogP contribution < -0.4 is 15.0 Å². The fourth-order valence-corrected chi connectivity index (χ4v) is 5.77. The number of hydrogen-bond acceptors (Lipinski definition) is 5. The zero-order chi connectivity index (χ0) is 28.6. The third kappa shape index (κ3) is 5.01. The molecule has 0 saturated heterocycles. The van der Waals surface area contributed by atoms with Crippen molar-refractivity contribution in [3.05, 3.63) is 88.0 Å². The number of fused-ring (bicyclic) bond motifs is 1. The van der Waals surface area contributed by atoms with Crippen molar-refractivity contribution in [2.45, 2.75) is 43.8 Å². The Kier molecular flexibility index (Phi) is 7.74. The summed E-state index contributed by atoms with van der Waals surface area (Å²) < 4.78 is 46.8. The smallest absolute Gasteiger partial charge is 0.281 e. The van der Waals surface area contributed by atoms with Gasteiger partial charge in [0.2, 0.25) is 0 Å². The van der Waals surface area contributed by atoms with Crippen LogP contribution in [0.4, 0.5) is 18.9 Å². The Balaban J connectivity index is 1.28. The van der Waals surface area contributed by atoms with Crippen LogP contribution in [0.3, 0.4) is 0 Å². The molecule has 2 aliphatic rings. The highest BCUT2D eigenvalue weighted by molar-refractivity contribution is 6.30. The van der Waals surface area contributed by atoms with Gasteiger partial charge in [0, 0.05) is 36.0 Å². The van der Waals surface area contributed by atoms with Crippen molar-refractivity contribution in [3.8, 4) is 5.75 Å². The van der Waals surface area contributed by atoms with Gasteiger partial charge in [-0.15, -0.1) is 0 Å². The van der Waals surface area contributed by atoms with Gasteiger partial charge in [0.05, 0.1) is 23.4 Å². The third-order valence-electron chi connectivity index (χ3n) is 7.66. The summed E-state index contributed by atoms with van der Waals surface area (Å²) >= 11 is 5.87. The number of carbonyl (C=O) groups excluding carboxylic acids is 2. The average molecular weight is 574 g/mol. The van der Waals surface area contributed by atoms with Crippen molar-refractivity contribution in [1.82, 2.24) is 10.3 Å². The number of benzene rings is 2. The number of amides is 2. The third-order valence-corrected chi connectivity index (χ3v) is 7.87. The van der Waals surface area contributed by atoms with Gasteiger partial charge in [-0.05, 0) is 55.9 Å². The standard InChI is InChI=1S/C29H27ClF3N3O4/c1-40-19-10-11-21(23(31)13-19)29(39)22-4-2-3-5-24(22)36(28(29)38)15-16-6-8-18(9-7-16)35-27(37)20-12-17(30)14-34-25(20)26(32)33/h2-5,10-14,16,18,26,39H,6-9,15H2,1H3,(H,35,37). The van der Waals surface area contributed by atoms with Gasteiger partial charge in [-0.1, -0.05) is 29.8 Å². The molecule has 210 valence electrons. The zero-order valence-corrected chi connectivity index (χ0v) is 22.3. The number of nitrogens with zero attached hydrogens (tertiary/aromatic N) is 2.